The normalized spacial score (nSPS) is 14.1. The van der Waals surface area contributed by atoms with Crippen LogP contribution in [0.2, 0.25) is 0 Å². The molecule has 0 rings (SSSR count). The maximum Gasteiger partial charge on any atom is 0.299 e. The maximum atomic E-state index is 5.56. The monoisotopic (exact) mass is 140 g/mol. The average molecular weight is 141 g/mol. The van der Waals surface area contributed by atoms with Crippen molar-refractivity contribution in [2.45, 2.75) is 0 Å². The molecule has 0 saturated carbocycles. The van der Waals surface area contributed by atoms with Crippen molar-refractivity contribution in [2.24, 2.45) is 0 Å². The van der Waals surface area contributed by atoms with Crippen LogP contribution in [0.4, 0.5) is 0 Å². The molecular weight excluding hydrogens is 132 g/mol. The van der Waals surface area contributed by atoms with E-state index in [4.69, 9.17) is 20.2 Å². The van der Waals surface area contributed by atoms with Gasteiger partial charge < -0.3 is 9.16 Å². The second-order valence-electron chi connectivity index (χ2n) is 1.10. The molecule has 0 aliphatic rings. The lowest BCUT2D eigenvalue weighted by molar-refractivity contribution is 0.234. The average Bonchev–Trinajstić information content (AvgIpc) is 1.68. The van der Waals surface area contributed by atoms with Gasteiger partial charge in [0, 0.05) is 14.2 Å². The topological polar surface area (TPSA) is 18.5 Å². The summed E-state index contributed by atoms with van der Waals surface area (Å²) >= 11 is 5.56. The Morgan fingerprint density at radius 2 is 2.14 bits per heavy atom. The van der Waals surface area contributed by atoms with E-state index in [1.54, 1.807) is 14.2 Å². The summed E-state index contributed by atoms with van der Waals surface area (Å²) in [7, 11) is 1.78. The first-order valence-corrected chi connectivity index (χ1v) is 5.00. The molecule has 0 radical (unpaired) electrons. The summed E-state index contributed by atoms with van der Waals surface area (Å²) in [5, 5.41) is 0. The van der Waals surface area contributed by atoms with Gasteiger partial charge in [0.2, 0.25) is 0 Å². The lowest BCUT2D eigenvalue weighted by Gasteiger charge is -2.00. The van der Waals surface area contributed by atoms with E-state index in [1.165, 1.54) is 0 Å². The third-order valence-corrected chi connectivity index (χ3v) is 2.57. The summed E-state index contributed by atoms with van der Waals surface area (Å²) in [6.45, 7) is 0. The molecule has 0 saturated heterocycles. The Morgan fingerprint density at radius 1 is 1.57 bits per heavy atom. The van der Waals surface area contributed by atoms with Crippen LogP contribution in [0.25, 0.3) is 0 Å². The molecule has 0 N–H and O–H groups in total. The molecule has 0 fully saturated rings. The molecule has 1 unspecified atom stereocenters. The predicted octanol–water partition coefficient (Wildman–Crippen LogP) is 0.278. The summed E-state index contributed by atoms with van der Waals surface area (Å²) in [5.41, 5.74) is 0. The van der Waals surface area contributed by atoms with Crippen molar-refractivity contribution < 1.29 is 9.16 Å². The molecule has 0 aliphatic heterocycles. The van der Waals surface area contributed by atoms with Crippen molar-refractivity contribution >= 4 is 19.4 Å². The number of ether oxygens (including phenoxy) is 1. The summed E-state index contributed by atoms with van der Waals surface area (Å²) in [6.07, 6.45) is 0.581. The van der Waals surface area contributed by atoms with Crippen molar-refractivity contribution in [1.82, 2.24) is 0 Å². The van der Waals surface area contributed by atoms with Gasteiger partial charge in [0.15, 0.2) is 0 Å². The fourth-order valence-corrected chi connectivity index (χ4v) is 0.975. The maximum absolute atomic E-state index is 5.56. The van der Waals surface area contributed by atoms with Gasteiger partial charge in [0.1, 0.15) is 0 Å². The zero-order chi connectivity index (χ0) is 5.70. The van der Waals surface area contributed by atoms with Crippen molar-refractivity contribution in [3.63, 3.8) is 0 Å². The molecule has 0 bridgehead atoms. The zero-order valence-electron chi connectivity index (χ0n) is 4.48. The first-order valence-electron chi connectivity index (χ1n) is 1.97. The second kappa shape index (κ2) is 4.58. The number of hydrogen-bond acceptors (Lipinski definition) is 2. The largest absolute Gasteiger partial charge is 0.407 e. The van der Waals surface area contributed by atoms with Gasteiger partial charge >= 0.3 is 0 Å². The Labute approximate surface area is 49.8 Å². The first kappa shape index (κ1) is 7.43. The predicted molar refractivity (Wildman–Crippen MR) is 31.9 cm³/mol. The fourth-order valence-electron chi connectivity index (χ4n) is 0.199. The Bertz CT molecular complexity index is 43.9. The van der Waals surface area contributed by atoms with E-state index in [2.05, 4.69) is 0 Å². The quantitative estimate of drug-likeness (QED) is 0.414. The van der Waals surface area contributed by atoms with Crippen molar-refractivity contribution in [3.8, 4) is 0 Å². The second-order valence-corrected chi connectivity index (χ2v) is 4.19. The van der Waals surface area contributed by atoms with E-state index in [9.17, 15) is 0 Å². The van der Waals surface area contributed by atoms with Gasteiger partial charge in [-0.1, -0.05) is 0 Å². The zero-order valence-corrected chi connectivity index (χ0v) is 6.39. The molecule has 1 atom stereocenters. The number of methoxy groups -OCH3 is 1. The van der Waals surface area contributed by atoms with E-state index in [-0.39, 0.29) is 0 Å². The Morgan fingerprint density at radius 3 is 2.29 bits per heavy atom. The third kappa shape index (κ3) is 4.28. The molecule has 0 amide bonds. The lowest BCUT2D eigenvalue weighted by Crippen LogP contribution is -2.14. The molecule has 4 heteroatoms. The van der Waals surface area contributed by atoms with E-state index in [0.717, 1.165) is 0 Å². The van der Waals surface area contributed by atoms with Gasteiger partial charge in [-0.15, -0.1) is 11.1 Å². The highest BCUT2D eigenvalue weighted by Crippen LogP contribution is 1.87. The van der Waals surface area contributed by atoms with E-state index < -0.39 is 8.35 Å². The first-order chi connectivity index (χ1) is 3.31. The van der Waals surface area contributed by atoms with Crippen LogP contribution in [0.5, 0.6) is 0 Å². The molecule has 0 aromatic heterocycles. The van der Waals surface area contributed by atoms with Crippen LogP contribution >= 0.6 is 11.1 Å². The van der Waals surface area contributed by atoms with Crippen LogP contribution in [-0.2, 0) is 9.16 Å². The molecule has 0 aliphatic carbocycles. The van der Waals surface area contributed by atoms with Gasteiger partial charge in [-0.2, -0.15) is 0 Å². The Balaban J connectivity index is 2.83. The lowest BCUT2D eigenvalue weighted by atomic mass is 11.5. The minimum atomic E-state index is -1.43. The highest BCUT2D eigenvalue weighted by molar-refractivity contribution is 7.03. The third-order valence-electron chi connectivity index (χ3n) is 0.553. The summed E-state index contributed by atoms with van der Waals surface area (Å²) in [5.74, 6) is 0. The summed E-state index contributed by atoms with van der Waals surface area (Å²) in [6, 6.07) is 0. The molecule has 7 heavy (non-hydrogen) atoms. The van der Waals surface area contributed by atoms with Crippen LogP contribution in [0.3, 0.4) is 0 Å². The minimum Gasteiger partial charge on any atom is -0.407 e. The van der Waals surface area contributed by atoms with E-state index in [0.29, 0.717) is 6.23 Å². The SMILES string of the molecule is COC[SiH](Cl)OC. The highest BCUT2D eigenvalue weighted by atomic mass is 35.6. The standard InChI is InChI=1S/C3H9ClO2Si/c1-5-3-7(4)6-2/h7H,3H2,1-2H3. The van der Waals surface area contributed by atoms with Crippen LogP contribution in [0, 0.1) is 0 Å². The number of rotatable bonds is 3. The van der Waals surface area contributed by atoms with Crippen LogP contribution < -0.4 is 0 Å². The van der Waals surface area contributed by atoms with E-state index in [1.807, 2.05) is 0 Å². The van der Waals surface area contributed by atoms with Crippen LogP contribution in [0.15, 0.2) is 0 Å². The van der Waals surface area contributed by atoms with Gasteiger partial charge in [0.05, 0.1) is 6.23 Å². The van der Waals surface area contributed by atoms with Crippen molar-refractivity contribution in [3.05, 3.63) is 0 Å². The Kier molecular flexibility index (Phi) is 4.86. The molecular formula is C3H9ClO2Si. The summed E-state index contributed by atoms with van der Waals surface area (Å²) in [4.78, 5) is 0. The van der Waals surface area contributed by atoms with Gasteiger partial charge in [0.25, 0.3) is 8.35 Å². The summed E-state index contributed by atoms with van der Waals surface area (Å²) < 4.78 is 9.47. The number of hydrogen-bond donors (Lipinski definition) is 0. The minimum absolute atomic E-state index is 0.581. The van der Waals surface area contributed by atoms with Gasteiger partial charge in [-0.3, -0.25) is 0 Å². The van der Waals surface area contributed by atoms with E-state index >= 15 is 0 Å². The molecule has 0 heterocycles. The molecule has 0 aromatic carbocycles. The molecule has 2 nitrogen and oxygen atoms in total. The smallest absolute Gasteiger partial charge is 0.299 e. The van der Waals surface area contributed by atoms with Gasteiger partial charge in [-0.05, 0) is 0 Å². The van der Waals surface area contributed by atoms with Crippen LogP contribution in [-0.4, -0.2) is 28.8 Å². The van der Waals surface area contributed by atoms with Crippen molar-refractivity contribution in [2.75, 3.05) is 20.4 Å². The molecule has 0 spiro atoms. The highest BCUT2D eigenvalue weighted by Gasteiger charge is 2.01. The van der Waals surface area contributed by atoms with Crippen molar-refractivity contribution in [1.29, 1.82) is 0 Å². The number of halogens is 1. The fraction of sp³-hybridized carbons (Fsp3) is 1.00. The molecule has 44 valence electrons. The van der Waals surface area contributed by atoms with Gasteiger partial charge in [-0.25, -0.2) is 0 Å². The van der Waals surface area contributed by atoms with Crippen LogP contribution in [0.1, 0.15) is 0 Å². The molecule has 0 aromatic rings. The Hall–Kier alpha value is 0.427.